The molecule has 0 spiro atoms. The van der Waals surface area contributed by atoms with Crippen molar-refractivity contribution in [2.24, 2.45) is 5.92 Å². The number of hydrogen-bond donors (Lipinski definition) is 0. The van der Waals surface area contributed by atoms with E-state index in [1.54, 1.807) is 41.3 Å². The third-order valence-corrected chi connectivity index (χ3v) is 5.73. The van der Waals surface area contributed by atoms with Crippen LogP contribution in [-0.2, 0) is 6.54 Å². The van der Waals surface area contributed by atoms with Crippen LogP contribution >= 0.6 is 0 Å². The highest BCUT2D eigenvalue weighted by atomic mass is 19.3. The summed E-state index contributed by atoms with van der Waals surface area (Å²) in [5, 5.41) is 9.37. The van der Waals surface area contributed by atoms with Gasteiger partial charge in [-0.3, -0.25) is 4.79 Å². The van der Waals surface area contributed by atoms with Crippen LogP contribution < -0.4 is 10.5 Å². The fraction of sp³-hybridized carbons (Fsp3) is 0.318. The van der Waals surface area contributed by atoms with Gasteiger partial charge in [-0.05, 0) is 43.0 Å². The molecule has 0 aliphatic carbocycles. The fourth-order valence-electron chi connectivity index (χ4n) is 4.08. The second-order valence-electron chi connectivity index (χ2n) is 7.82. The molecule has 4 aromatic rings. The zero-order valence-corrected chi connectivity index (χ0v) is 17.2. The number of piperidine rings is 1. The molecular formula is C22H21F2N7O. The largest absolute Gasteiger partial charge is 0.356 e. The van der Waals surface area contributed by atoms with Gasteiger partial charge in [0.05, 0.1) is 5.52 Å². The fourth-order valence-corrected chi connectivity index (χ4v) is 4.08. The molecule has 10 heteroatoms. The van der Waals surface area contributed by atoms with Crippen LogP contribution in [0.5, 0.6) is 0 Å². The summed E-state index contributed by atoms with van der Waals surface area (Å²) in [4.78, 5) is 22.5. The molecular weight excluding hydrogens is 416 g/mol. The molecule has 32 heavy (non-hydrogen) atoms. The van der Waals surface area contributed by atoms with Gasteiger partial charge in [-0.2, -0.15) is 5.10 Å². The molecule has 3 aromatic heterocycles. The van der Waals surface area contributed by atoms with E-state index in [-0.39, 0.29) is 11.5 Å². The molecule has 1 aromatic carbocycles. The third-order valence-electron chi connectivity index (χ3n) is 5.73. The molecule has 5 rings (SSSR count). The number of alkyl halides is 2. The van der Waals surface area contributed by atoms with Gasteiger partial charge < -0.3 is 4.90 Å². The Hall–Kier alpha value is -3.69. The van der Waals surface area contributed by atoms with Crippen LogP contribution in [0.25, 0.3) is 16.7 Å². The van der Waals surface area contributed by atoms with E-state index < -0.39 is 12.2 Å². The van der Waals surface area contributed by atoms with Crippen LogP contribution in [0, 0.1) is 5.92 Å². The highest BCUT2D eigenvalue weighted by Crippen LogP contribution is 2.30. The topological polar surface area (TPSA) is 81.7 Å². The highest BCUT2D eigenvalue weighted by molar-refractivity contribution is 5.89. The van der Waals surface area contributed by atoms with Gasteiger partial charge in [-0.1, -0.05) is 12.1 Å². The molecule has 1 fully saturated rings. The standard InChI is InChI=1S/C22H21F2N7O/c23-20(24)21-26-17-5-2-1-4-16(17)22(27-21)29-12-8-15(9-13-29)14-31-19(32)7-6-18(28-31)30-11-3-10-25-30/h1-7,10-11,15,20H,8-9,12-14H2. The lowest BCUT2D eigenvalue weighted by Crippen LogP contribution is -2.37. The predicted octanol–water partition coefficient (Wildman–Crippen LogP) is 3.23. The normalized spacial score (nSPS) is 15.0. The van der Waals surface area contributed by atoms with Gasteiger partial charge in [0.1, 0.15) is 5.82 Å². The minimum absolute atomic E-state index is 0.160. The van der Waals surface area contributed by atoms with E-state index in [0.29, 0.717) is 36.8 Å². The van der Waals surface area contributed by atoms with Crippen molar-refractivity contribution in [3.8, 4) is 5.82 Å². The lowest BCUT2D eigenvalue weighted by atomic mass is 9.96. The first-order valence-corrected chi connectivity index (χ1v) is 10.5. The quantitative estimate of drug-likeness (QED) is 0.477. The van der Waals surface area contributed by atoms with Crippen molar-refractivity contribution in [3.05, 3.63) is 71.0 Å². The number of fused-ring (bicyclic) bond motifs is 1. The molecule has 0 bridgehead atoms. The third kappa shape index (κ3) is 3.95. The molecule has 0 saturated carbocycles. The predicted molar refractivity (Wildman–Crippen MR) is 115 cm³/mol. The van der Waals surface area contributed by atoms with Gasteiger partial charge in [0, 0.05) is 43.5 Å². The summed E-state index contributed by atoms with van der Waals surface area (Å²) in [5.74, 6) is 0.915. The van der Waals surface area contributed by atoms with Crippen LogP contribution in [-0.4, -0.2) is 42.6 Å². The Morgan fingerprint density at radius 3 is 2.59 bits per heavy atom. The molecule has 1 aliphatic heterocycles. The van der Waals surface area contributed by atoms with Crippen molar-refractivity contribution in [2.45, 2.75) is 25.8 Å². The van der Waals surface area contributed by atoms with Crippen LogP contribution in [0.4, 0.5) is 14.6 Å². The average molecular weight is 437 g/mol. The Kier molecular flexibility index (Phi) is 5.34. The molecule has 8 nitrogen and oxygen atoms in total. The molecule has 1 aliphatic rings. The molecule has 164 valence electrons. The molecule has 0 N–H and O–H groups in total. The zero-order valence-electron chi connectivity index (χ0n) is 17.2. The monoisotopic (exact) mass is 437 g/mol. The van der Waals surface area contributed by atoms with Gasteiger partial charge in [0.25, 0.3) is 12.0 Å². The van der Waals surface area contributed by atoms with Crippen LogP contribution in [0.15, 0.2) is 59.7 Å². The highest BCUT2D eigenvalue weighted by Gasteiger charge is 2.24. The minimum atomic E-state index is -2.73. The Labute approximate surface area is 182 Å². The lowest BCUT2D eigenvalue weighted by Gasteiger charge is -2.33. The number of benzene rings is 1. The SMILES string of the molecule is O=c1ccc(-n2cccn2)nn1CC1CCN(c2nc(C(F)F)nc3ccccc23)CC1. The Morgan fingerprint density at radius 2 is 1.84 bits per heavy atom. The number of anilines is 1. The Morgan fingerprint density at radius 1 is 1.03 bits per heavy atom. The summed E-state index contributed by atoms with van der Waals surface area (Å²) < 4.78 is 29.7. The van der Waals surface area contributed by atoms with Gasteiger partial charge in [-0.15, -0.1) is 5.10 Å². The Bertz CT molecular complexity index is 1280. The summed E-state index contributed by atoms with van der Waals surface area (Å²) in [7, 11) is 0. The number of hydrogen-bond acceptors (Lipinski definition) is 6. The first-order valence-electron chi connectivity index (χ1n) is 10.5. The number of rotatable bonds is 5. The van der Waals surface area contributed by atoms with Crippen LogP contribution in [0.1, 0.15) is 25.1 Å². The van der Waals surface area contributed by atoms with Crippen molar-refractivity contribution in [2.75, 3.05) is 18.0 Å². The number of aromatic nitrogens is 6. The number of nitrogens with zero attached hydrogens (tertiary/aromatic N) is 7. The minimum Gasteiger partial charge on any atom is -0.356 e. The van der Waals surface area contributed by atoms with Crippen LogP contribution in [0.2, 0.25) is 0 Å². The number of para-hydroxylation sites is 1. The Balaban J connectivity index is 1.33. The van der Waals surface area contributed by atoms with Gasteiger partial charge in [-0.25, -0.2) is 28.1 Å². The molecule has 0 radical (unpaired) electrons. The van der Waals surface area contributed by atoms with Crippen LogP contribution in [0.3, 0.4) is 0 Å². The first kappa shape index (κ1) is 20.2. The smallest absolute Gasteiger partial charge is 0.297 e. The lowest BCUT2D eigenvalue weighted by molar-refractivity contribution is 0.141. The van der Waals surface area contributed by atoms with Crippen molar-refractivity contribution in [1.82, 2.24) is 29.5 Å². The molecule has 0 amide bonds. The molecule has 4 heterocycles. The maximum Gasteiger partial charge on any atom is 0.297 e. The van der Waals surface area contributed by atoms with E-state index in [0.717, 1.165) is 18.2 Å². The maximum absolute atomic E-state index is 13.3. The average Bonchev–Trinajstić information content (AvgIpc) is 3.35. The molecule has 1 saturated heterocycles. The van der Waals surface area contributed by atoms with E-state index in [4.69, 9.17) is 0 Å². The molecule has 0 unspecified atom stereocenters. The van der Waals surface area contributed by atoms with Gasteiger partial charge >= 0.3 is 0 Å². The number of halogens is 2. The van der Waals surface area contributed by atoms with Gasteiger partial charge in [0.2, 0.25) is 0 Å². The van der Waals surface area contributed by atoms with E-state index >= 15 is 0 Å². The summed E-state index contributed by atoms with van der Waals surface area (Å²) in [6, 6.07) is 12.2. The maximum atomic E-state index is 13.3. The van der Waals surface area contributed by atoms with E-state index in [1.807, 2.05) is 17.0 Å². The summed E-state index contributed by atoms with van der Waals surface area (Å²) >= 11 is 0. The van der Waals surface area contributed by atoms with Crippen molar-refractivity contribution < 1.29 is 8.78 Å². The second-order valence-corrected chi connectivity index (χ2v) is 7.82. The summed E-state index contributed by atoms with van der Waals surface area (Å²) in [5.41, 5.74) is 0.354. The first-order chi connectivity index (χ1) is 15.6. The van der Waals surface area contributed by atoms with Crippen molar-refractivity contribution >= 4 is 16.7 Å². The van der Waals surface area contributed by atoms with Gasteiger partial charge in [0.15, 0.2) is 11.6 Å². The zero-order chi connectivity index (χ0) is 22.1. The van der Waals surface area contributed by atoms with E-state index in [9.17, 15) is 13.6 Å². The van der Waals surface area contributed by atoms with Crippen molar-refractivity contribution in [1.29, 1.82) is 0 Å². The summed E-state index contributed by atoms with van der Waals surface area (Å²) in [6.07, 6.45) is 2.29. The van der Waals surface area contributed by atoms with Crippen molar-refractivity contribution in [3.63, 3.8) is 0 Å². The summed E-state index contributed by atoms with van der Waals surface area (Å²) in [6.45, 7) is 1.80. The molecule has 0 atom stereocenters. The van der Waals surface area contributed by atoms with E-state index in [2.05, 4.69) is 20.2 Å². The second kappa shape index (κ2) is 8.45. The van der Waals surface area contributed by atoms with E-state index in [1.165, 1.54) is 10.7 Å².